The summed E-state index contributed by atoms with van der Waals surface area (Å²) in [7, 11) is 0. The number of anilines is 2. The minimum absolute atomic E-state index is 0.0578. The molecular weight excluding hydrogens is 622 g/mol. The number of aromatic nitrogens is 2. The van der Waals surface area contributed by atoms with Gasteiger partial charge < -0.3 is 32.9 Å². The first-order chi connectivity index (χ1) is 22.6. The van der Waals surface area contributed by atoms with Crippen LogP contribution >= 0.6 is 11.6 Å². The Morgan fingerprint density at radius 2 is 1.55 bits per heavy atom. The van der Waals surface area contributed by atoms with E-state index in [-0.39, 0.29) is 40.8 Å². The van der Waals surface area contributed by atoms with Crippen LogP contribution in [0.2, 0.25) is 5.15 Å². The van der Waals surface area contributed by atoms with Crippen molar-refractivity contribution in [3.8, 4) is 11.1 Å². The number of halogens is 1. The van der Waals surface area contributed by atoms with Gasteiger partial charge in [0.25, 0.3) is 5.91 Å². The SMILES string of the molecule is NC(=NCCCCc1ccc(-c2ccc(CCC(=O)NC(CC3CCNCC3)C(=O)O)cc2)cc1)NC(=O)c1nc(Cl)c(N)nc1N. The zero-order chi connectivity index (χ0) is 33.8. The van der Waals surface area contributed by atoms with Crippen LogP contribution in [0.1, 0.15) is 60.1 Å². The lowest BCUT2D eigenvalue weighted by Crippen LogP contribution is -2.43. The van der Waals surface area contributed by atoms with Crippen LogP contribution in [0.4, 0.5) is 11.6 Å². The van der Waals surface area contributed by atoms with E-state index < -0.39 is 17.9 Å². The summed E-state index contributed by atoms with van der Waals surface area (Å²) in [6, 6.07) is 15.6. The molecule has 1 saturated heterocycles. The van der Waals surface area contributed by atoms with Crippen molar-refractivity contribution in [3.63, 3.8) is 0 Å². The molecule has 4 rings (SSSR count). The summed E-state index contributed by atoms with van der Waals surface area (Å²) >= 11 is 5.82. The fourth-order valence-electron chi connectivity index (χ4n) is 5.39. The molecule has 0 bridgehead atoms. The number of nitrogens with zero attached hydrogens (tertiary/aromatic N) is 3. The summed E-state index contributed by atoms with van der Waals surface area (Å²) in [4.78, 5) is 48.3. The van der Waals surface area contributed by atoms with Crippen molar-refractivity contribution < 1.29 is 19.5 Å². The number of carbonyl (C=O) groups is 3. The first kappa shape index (κ1) is 35.1. The first-order valence-electron chi connectivity index (χ1n) is 15.7. The minimum Gasteiger partial charge on any atom is -0.480 e. The van der Waals surface area contributed by atoms with Crippen molar-refractivity contribution in [3.05, 3.63) is 70.5 Å². The van der Waals surface area contributed by atoms with Gasteiger partial charge in [0.1, 0.15) is 6.04 Å². The van der Waals surface area contributed by atoms with Crippen LogP contribution in [0.15, 0.2) is 53.5 Å². The number of amides is 2. The number of nitrogens with two attached hydrogens (primary N) is 3. The number of carboxylic acids is 1. The molecule has 2 heterocycles. The number of aryl methyl sites for hydroxylation is 2. The van der Waals surface area contributed by atoms with Crippen molar-refractivity contribution in [2.24, 2.45) is 16.6 Å². The molecule has 1 fully saturated rings. The molecule has 10 N–H and O–H groups in total. The summed E-state index contributed by atoms with van der Waals surface area (Å²) in [6.45, 7) is 2.21. The molecule has 14 heteroatoms. The standard InChI is InChI=1S/C33H42ClN9O4/c34-28-30(36)42-29(35)27(41-28)31(45)43-33(37)39-16-2-1-3-20-4-9-23(10-5-20)24-11-6-21(7-12-24)8-13-26(44)40-25(32(46)47)19-22-14-17-38-18-15-22/h4-7,9-12,22,25,38H,1-3,8,13-19H2,(H,40,44)(H,46,47)(H4,35,36,42)(H3,37,39,43,45). The highest BCUT2D eigenvalue weighted by Gasteiger charge is 2.25. The summed E-state index contributed by atoms with van der Waals surface area (Å²) in [5, 5.41) is 17.9. The van der Waals surface area contributed by atoms with Crippen LogP contribution in [0, 0.1) is 5.92 Å². The van der Waals surface area contributed by atoms with Crippen LogP contribution in [-0.4, -0.2) is 64.5 Å². The van der Waals surface area contributed by atoms with Gasteiger partial charge in [-0.2, -0.15) is 0 Å². The van der Waals surface area contributed by atoms with E-state index in [2.05, 4.69) is 55.2 Å². The third-order valence-electron chi connectivity index (χ3n) is 8.06. The Morgan fingerprint density at radius 1 is 0.936 bits per heavy atom. The van der Waals surface area contributed by atoms with E-state index in [1.807, 2.05) is 24.3 Å². The topological polar surface area (TPSA) is 224 Å². The zero-order valence-electron chi connectivity index (χ0n) is 26.2. The molecule has 0 radical (unpaired) electrons. The van der Waals surface area contributed by atoms with Gasteiger partial charge >= 0.3 is 5.97 Å². The minimum atomic E-state index is -0.977. The largest absolute Gasteiger partial charge is 0.480 e. The number of carboxylic acid groups (broad SMARTS) is 1. The van der Waals surface area contributed by atoms with Crippen molar-refractivity contribution >= 4 is 47.0 Å². The molecule has 0 spiro atoms. The number of aliphatic imine (C=N–C) groups is 1. The molecule has 0 aliphatic carbocycles. The Bertz CT molecular complexity index is 1560. The number of carbonyl (C=O) groups excluding carboxylic acids is 2. The fraction of sp³-hybridized carbons (Fsp3) is 0.394. The molecule has 3 aromatic rings. The predicted octanol–water partition coefficient (Wildman–Crippen LogP) is 2.92. The molecule has 2 amide bonds. The Kier molecular flexibility index (Phi) is 12.9. The van der Waals surface area contributed by atoms with Gasteiger partial charge in [-0.25, -0.2) is 14.8 Å². The molecular formula is C33H42ClN9O4. The molecule has 1 aliphatic rings. The number of benzene rings is 2. The van der Waals surface area contributed by atoms with E-state index >= 15 is 0 Å². The van der Waals surface area contributed by atoms with Gasteiger partial charge in [0.15, 0.2) is 28.4 Å². The third-order valence-corrected chi connectivity index (χ3v) is 8.34. The van der Waals surface area contributed by atoms with Gasteiger partial charge in [0, 0.05) is 13.0 Å². The number of guanidine groups is 1. The second-order valence-electron chi connectivity index (χ2n) is 11.6. The number of nitrogens with one attached hydrogen (secondary N) is 3. The number of aliphatic carboxylic acids is 1. The lowest BCUT2D eigenvalue weighted by Gasteiger charge is -2.25. The number of unbranched alkanes of at least 4 members (excludes halogenated alkanes) is 1. The summed E-state index contributed by atoms with van der Waals surface area (Å²) in [5.74, 6) is -1.87. The van der Waals surface area contributed by atoms with E-state index in [9.17, 15) is 19.5 Å². The Hall–Kier alpha value is -4.75. The average molecular weight is 664 g/mol. The summed E-state index contributed by atoms with van der Waals surface area (Å²) < 4.78 is 0. The van der Waals surface area contributed by atoms with Gasteiger partial charge in [-0.15, -0.1) is 0 Å². The van der Waals surface area contributed by atoms with E-state index in [1.54, 1.807) is 0 Å². The molecule has 1 aromatic heterocycles. The monoisotopic (exact) mass is 663 g/mol. The molecule has 0 saturated carbocycles. The van der Waals surface area contributed by atoms with Crippen LogP contribution in [-0.2, 0) is 22.4 Å². The first-order valence-corrected chi connectivity index (χ1v) is 16.1. The Balaban J connectivity index is 1.16. The molecule has 1 aliphatic heterocycles. The maximum Gasteiger partial charge on any atom is 0.326 e. The number of hydrogen-bond acceptors (Lipinski definition) is 9. The number of hydrogen-bond donors (Lipinski definition) is 7. The van der Waals surface area contributed by atoms with Crippen molar-refractivity contribution in [2.75, 3.05) is 31.1 Å². The van der Waals surface area contributed by atoms with E-state index in [1.165, 1.54) is 5.56 Å². The predicted molar refractivity (Wildman–Crippen MR) is 183 cm³/mol. The van der Waals surface area contributed by atoms with Crippen LogP contribution in [0.5, 0.6) is 0 Å². The lowest BCUT2D eigenvalue weighted by molar-refractivity contribution is -0.142. The molecule has 47 heavy (non-hydrogen) atoms. The second-order valence-corrected chi connectivity index (χ2v) is 12.0. The maximum absolute atomic E-state index is 12.5. The van der Waals surface area contributed by atoms with Gasteiger partial charge in [0.2, 0.25) is 5.91 Å². The van der Waals surface area contributed by atoms with Gasteiger partial charge in [-0.05, 0) is 86.2 Å². The normalized spacial score (nSPS) is 14.4. The fourth-order valence-corrected chi connectivity index (χ4v) is 5.52. The smallest absolute Gasteiger partial charge is 0.326 e. The highest BCUT2D eigenvalue weighted by molar-refractivity contribution is 6.31. The van der Waals surface area contributed by atoms with Gasteiger partial charge in [0.05, 0.1) is 0 Å². The molecule has 1 atom stereocenters. The Labute approximate surface area is 278 Å². The number of nitrogen functional groups attached to an aromatic ring is 2. The van der Waals surface area contributed by atoms with Gasteiger partial charge in [-0.3, -0.25) is 19.9 Å². The quantitative estimate of drug-likeness (QED) is 0.0758. The lowest BCUT2D eigenvalue weighted by atomic mass is 9.91. The van der Waals surface area contributed by atoms with Crippen LogP contribution in [0.3, 0.4) is 0 Å². The molecule has 1 unspecified atom stereocenters. The summed E-state index contributed by atoms with van der Waals surface area (Å²) in [6.07, 6.45) is 5.61. The Morgan fingerprint density at radius 3 is 2.17 bits per heavy atom. The van der Waals surface area contributed by atoms with Crippen molar-refractivity contribution in [2.45, 2.75) is 57.4 Å². The van der Waals surface area contributed by atoms with Crippen LogP contribution in [0.25, 0.3) is 11.1 Å². The average Bonchev–Trinajstić information content (AvgIpc) is 3.06. The molecule has 13 nitrogen and oxygen atoms in total. The highest BCUT2D eigenvalue weighted by Crippen LogP contribution is 2.22. The maximum atomic E-state index is 12.5. The molecule has 2 aromatic carbocycles. The summed E-state index contributed by atoms with van der Waals surface area (Å²) in [5.41, 5.74) is 21.2. The van der Waals surface area contributed by atoms with Crippen molar-refractivity contribution in [1.29, 1.82) is 0 Å². The van der Waals surface area contributed by atoms with Gasteiger partial charge in [-0.1, -0.05) is 60.1 Å². The highest BCUT2D eigenvalue weighted by atomic mass is 35.5. The number of piperidine rings is 1. The molecule has 250 valence electrons. The van der Waals surface area contributed by atoms with E-state index in [4.69, 9.17) is 28.8 Å². The third kappa shape index (κ3) is 10.9. The van der Waals surface area contributed by atoms with Crippen molar-refractivity contribution in [1.82, 2.24) is 25.9 Å². The van der Waals surface area contributed by atoms with Crippen LogP contribution < -0.4 is 33.2 Å². The van der Waals surface area contributed by atoms with E-state index in [0.29, 0.717) is 25.3 Å². The second kappa shape index (κ2) is 17.2. The number of rotatable bonds is 14. The van der Waals surface area contributed by atoms with E-state index in [0.717, 1.165) is 61.9 Å². The zero-order valence-corrected chi connectivity index (χ0v) is 26.9.